The number of carbonyl (C=O) groups excluding carboxylic acids is 3. The summed E-state index contributed by atoms with van der Waals surface area (Å²) in [6, 6.07) is 36.5. The molecule has 4 heterocycles. The van der Waals surface area contributed by atoms with Crippen molar-refractivity contribution in [2.45, 2.75) is 49.9 Å². The fourth-order valence-corrected chi connectivity index (χ4v) is 9.44. The molecule has 10 rings (SSSR count). The Balaban J connectivity index is 0.909. The molecule has 14 nitrogen and oxygen atoms in total. The zero-order chi connectivity index (χ0) is 43.2. The summed E-state index contributed by atoms with van der Waals surface area (Å²) in [5.74, 6) is 0.861. The van der Waals surface area contributed by atoms with Gasteiger partial charge in [0.15, 0.2) is 0 Å². The minimum Gasteiger partial charge on any atom is -0.465 e. The average Bonchev–Trinajstić information content (AvgIpc) is 4.16. The Morgan fingerprint density at radius 2 is 1.10 bits per heavy atom. The van der Waals surface area contributed by atoms with Crippen LogP contribution in [0, 0.1) is 0 Å². The van der Waals surface area contributed by atoms with E-state index in [9.17, 15) is 24.3 Å². The number of methoxy groups -OCH3 is 1. The fourth-order valence-electron chi connectivity index (χ4n) is 9.44. The van der Waals surface area contributed by atoms with Crippen LogP contribution in [0.5, 0.6) is 0 Å². The normalized spacial score (nSPS) is 17.3. The summed E-state index contributed by atoms with van der Waals surface area (Å²) < 4.78 is 4.86. The van der Waals surface area contributed by atoms with E-state index in [1.165, 1.54) is 7.11 Å². The van der Waals surface area contributed by atoms with E-state index in [2.05, 4.69) is 69.1 Å². The molecule has 2 aliphatic heterocycles. The standard InChI is InChI=1S/C49H44N8O6/c1-63-49(62)55-41(29-12-6-3-7-13-29)47(59)57-25-9-15-39(57)45-51-37-23-19-33-27-31(17-21-35(33)43(37)53-45)30-16-20-34-32(26-30)18-22-36-42(34)52-44(50-36)38-14-8-24-56(38)46(58)40(54-48(60)61)28-10-4-2-5-11-28/h2-7,10-13,16-23,26-27,38-41,54H,8-9,14-15,24-25H2,1H3,(H,50,52)(H,51,53)(H,55,62)(H,60,61)/t38-,39-,40+,41+/m0/s1. The van der Waals surface area contributed by atoms with Crippen LogP contribution in [0.3, 0.4) is 0 Å². The van der Waals surface area contributed by atoms with Crippen molar-refractivity contribution in [2.24, 2.45) is 0 Å². The summed E-state index contributed by atoms with van der Waals surface area (Å²) in [5, 5.41) is 18.8. The number of carboxylic acid groups (broad SMARTS) is 1. The topological polar surface area (TPSA) is 186 Å². The van der Waals surface area contributed by atoms with Gasteiger partial charge < -0.3 is 40.2 Å². The molecular formula is C49H44N8O6. The number of benzene rings is 6. The third kappa shape index (κ3) is 7.32. The van der Waals surface area contributed by atoms with Gasteiger partial charge in [0.2, 0.25) is 0 Å². The lowest BCUT2D eigenvalue weighted by molar-refractivity contribution is -0.135. The van der Waals surface area contributed by atoms with E-state index in [-0.39, 0.29) is 23.9 Å². The highest BCUT2D eigenvalue weighted by Crippen LogP contribution is 2.38. The van der Waals surface area contributed by atoms with Crippen LogP contribution in [0.2, 0.25) is 0 Å². The molecule has 4 atom stereocenters. The predicted molar refractivity (Wildman–Crippen MR) is 239 cm³/mol. The first-order valence-electron chi connectivity index (χ1n) is 21.1. The number of aromatic amines is 2. The van der Waals surface area contributed by atoms with Gasteiger partial charge in [0.1, 0.15) is 23.7 Å². The monoisotopic (exact) mass is 840 g/mol. The molecule has 0 saturated carbocycles. The minimum atomic E-state index is -1.26. The van der Waals surface area contributed by atoms with Crippen LogP contribution in [0.25, 0.3) is 54.7 Å². The smallest absolute Gasteiger partial charge is 0.407 e. The Hall–Kier alpha value is -7.74. The Morgan fingerprint density at radius 3 is 1.54 bits per heavy atom. The van der Waals surface area contributed by atoms with Gasteiger partial charge in [-0.3, -0.25) is 9.59 Å². The molecule has 0 unspecified atom stereocenters. The number of alkyl carbamates (subject to hydrolysis) is 1. The predicted octanol–water partition coefficient (Wildman–Crippen LogP) is 8.85. The van der Waals surface area contributed by atoms with Crippen LogP contribution in [-0.4, -0.2) is 79.0 Å². The Kier molecular flexibility index (Phi) is 10.2. The van der Waals surface area contributed by atoms with Gasteiger partial charge in [-0.2, -0.15) is 0 Å². The molecule has 2 aromatic heterocycles. The molecule has 0 bridgehead atoms. The molecule has 8 aromatic rings. The van der Waals surface area contributed by atoms with Crippen molar-refractivity contribution in [3.63, 3.8) is 0 Å². The molecule has 5 N–H and O–H groups in total. The van der Waals surface area contributed by atoms with Gasteiger partial charge in [0.25, 0.3) is 11.8 Å². The lowest BCUT2D eigenvalue weighted by atomic mass is 9.98. The molecule has 14 heteroatoms. The van der Waals surface area contributed by atoms with E-state index in [0.717, 1.165) is 74.0 Å². The van der Waals surface area contributed by atoms with Crippen molar-refractivity contribution in [3.8, 4) is 11.1 Å². The van der Waals surface area contributed by atoms with Gasteiger partial charge in [0, 0.05) is 23.9 Å². The van der Waals surface area contributed by atoms with Gasteiger partial charge >= 0.3 is 12.2 Å². The zero-order valence-electron chi connectivity index (χ0n) is 34.4. The lowest BCUT2D eigenvalue weighted by Crippen LogP contribution is -2.42. The van der Waals surface area contributed by atoms with Crippen LogP contribution in [0.1, 0.15) is 72.6 Å². The first kappa shape index (κ1) is 39.4. The highest BCUT2D eigenvalue weighted by molar-refractivity contribution is 6.07. The largest absolute Gasteiger partial charge is 0.465 e. The summed E-state index contributed by atoms with van der Waals surface area (Å²) in [7, 11) is 1.28. The second kappa shape index (κ2) is 16.3. The summed E-state index contributed by atoms with van der Waals surface area (Å²) in [6.07, 6.45) is 1.09. The van der Waals surface area contributed by atoms with E-state index in [4.69, 9.17) is 14.7 Å². The number of likely N-dealkylation sites (tertiary alicyclic amines) is 2. The van der Waals surface area contributed by atoms with Crippen LogP contribution in [-0.2, 0) is 14.3 Å². The number of nitrogens with one attached hydrogen (secondary N) is 4. The van der Waals surface area contributed by atoms with Gasteiger partial charge in [-0.15, -0.1) is 0 Å². The first-order chi connectivity index (χ1) is 30.7. The third-order valence-electron chi connectivity index (χ3n) is 12.5. The number of fused-ring (bicyclic) bond motifs is 6. The number of imidazole rings is 2. The van der Waals surface area contributed by atoms with E-state index < -0.39 is 24.3 Å². The number of hydrogen-bond acceptors (Lipinski definition) is 7. The van der Waals surface area contributed by atoms with Crippen molar-refractivity contribution in [1.29, 1.82) is 0 Å². The van der Waals surface area contributed by atoms with Gasteiger partial charge in [-0.05, 0) is 83.0 Å². The first-order valence-corrected chi connectivity index (χ1v) is 21.1. The van der Waals surface area contributed by atoms with Gasteiger partial charge in [-0.25, -0.2) is 19.6 Å². The minimum absolute atomic E-state index is 0.218. The summed E-state index contributed by atoms with van der Waals surface area (Å²) in [4.78, 5) is 72.7. The SMILES string of the molecule is COC(=O)N[C@@H](C(=O)N1CCC[C@H]1c1nc2c(ccc3cc(-c4ccc5c(ccc6[nH]c([C@@H]7CCCN7C(=O)[C@H](NC(=O)O)c7ccccc7)nc65)c4)ccc32)[nH]1)c1ccccc1. The van der Waals surface area contributed by atoms with Crippen molar-refractivity contribution in [3.05, 3.63) is 144 Å². The fraction of sp³-hybridized carbons (Fsp3) is 0.224. The second-order valence-electron chi connectivity index (χ2n) is 16.2. The molecule has 2 fully saturated rings. The number of amides is 4. The molecule has 316 valence electrons. The summed E-state index contributed by atoms with van der Waals surface area (Å²) >= 11 is 0. The molecule has 2 aliphatic rings. The van der Waals surface area contributed by atoms with Gasteiger partial charge in [0.05, 0.1) is 41.3 Å². The van der Waals surface area contributed by atoms with Crippen LogP contribution in [0.4, 0.5) is 9.59 Å². The number of hydrogen-bond donors (Lipinski definition) is 5. The molecule has 4 amide bonds. The van der Waals surface area contributed by atoms with E-state index in [1.807, 2.05) is 48.5 Å². The molecule has 0 spiro atoms. The highest BCUT2D eigenvalue weighted by atomic mass is 16.5. The maximum Gasteiger partial charge on any atom is 0.407 e. The number of nitrogens with zero attached hydrogens (tertiary/aromatic N) is 4. The van der Waals surface area contributed by atoms with Gasteiger partial charge in [-0.1, -0.05) is 97.1 Å². The molecular weight excluding hydrogens is 797 g/mol. The number of H-pyrrole nitrogens is 2. The number of ether oxygens (including phenoxy) is 1. The second-order valence-corrected chi connectivity index (χ2v) is 16.2. The molecule has 6 aromatic carbocycles. The Bertz CT molecular complexity index is 3060. The molecule has 63 heavy (non-hydrogen) atoms. The van der Waals surface area contributed by atoms with Crippen LogP contribution in [0.15, 0.2) is 121 Å². The highest BCUT2D eigenvalue weighted by Gasteiger charge is 2.38. The van der Waals surface area contributed by atoms with E-state index >= 15 is 0 Å². The van der Waals surface area contributed by atoms with E-state index in [1.54, 1.807) is 34.1 Å². The third-order valence-corrected chi connectivity index (χ3v) is 12.5. The molecule has 2 saturated heterocycles. The molecule has 0 aliphatic carbocycles. The lowest BCUT2D eigenvalue weighted by Gasteiger charge is -2.28. The number of carbonyl (C=O) groups is 4. The van der Waals surface area contributed by atoms with Crippen molar-refractivity contribution >= 4 is 67.6 Å². The van der Waals surface area contributed by atoms with Crippen LogP contribution >= 0.6 is 0 Å². The number of rotatable bonds is 9. The Labute approximate surface area is 361 Å². The average molecular weight is 841 g/mol. The van der Waals surface area contributed by atoms with E-state index in [0.29, 0.717) is 42.3 Å². The number of aromatic nitrogens is 4. The maximum absolute atomic E-state index is 14.1. The van der Waals surface area contributed by atoms with Crippen molar-refractivity contribution in [1.82, 2.24) is 40.4 Å². The summed E-state index contributed by atoms with van der Waals surface area (Å²) in [6.45, 7) is 1.04. The summed E-state index contributed by atoms with van der Waals surface area (Å²) in [5.41, 5.74) is 6.72. The zero-order valence-corrected chi connectivity index (χ0v) is 34.4. The van der Waals surface area contributed by atoms with Crippen LogP contribution < -0.4 is 10.6 Å². The molecule has 0 radical (unpaired) electrons. The quantitative estimate of drug-likeness (QED) is 0.0954. The maximum atomic E-state index is 14.1. The van der Waals surface area contributed by atoms with Crippen molar-refractivity contribution in [2.75, 3.05) is 20.2 Å². The van der Waals surface area contributed by atoms with Crippen molar-refractivity contribution < 1.29 is 29.0 Å². The Morgan fingerprint density at radius 1 is 0.635 bits per heavy atom.